The first-order valence-corrected chi connectivity index (χ1v) is 14.9. The van der Waals surface area contributed by atoms with Crippen LogP contribution in [0.25, 0.3) is 0 Å². The van der Waals surface area contributed by atoms with E-state index in [-0.39, 0.29) is 24.5 Å². The third-order valence-corrected chi connectivity index (χ3v) is 7.76. The van der Waals surface area contributed by atoms with Gasteiger partial charge in [0.25, 0.3) is 0 Å². The van der Waals surface area contributed by atoms with Crippen molar-refractivity contribution in [1.82, 2.24) is 10.2 Å². The second-order valence-corrected chi connectivity index (χ2v) is 11.9. The Balaban J connectivity index is 2.09. The largest absolute Gasteiger partial charge is 0.416 e. The molecule has 220 valence electrons. The lowest BCUT2D eigenvalue weighted by atomic mass is 10.0. The maximum absolute atomic E-state index is 14.0. The van der Waals surface area contributed by atoms with Crippen molar-refractivity contribution in [2.45, 2.75) is 39.0 Å². The molecule has 12 heteroatoms. The van der Waals surface area contributed by atoms with Crippen LogP contribution in [0.5, 0.6) is 0 Å². The summed E-state index contributed by atoms with van der Waals surface area (Å²) in [5, 5.41) is 2.45. The van der Waals surface area contributed by atoms with E-state index in [0.29, 0.717) is 15.9 Å². The molecule has 3 aromatic rings. The number of likely N-dealkylation sites (N-methyl/N-ethyl adjacent to an activating group) is 1. The summed E-state index contributed by atoms with van der Waals surface area (Å²) in [5.41, 5.74) is 0.781. The number of benzene rings is 3. The first kappa shape index (κ1) is 32.0. The summed E-state index contributed by atoms with van der Waals surface area (Å²) < 4.78 is 66.6. The number of amides is 2. The molecule has 3 aromatic carbocycles. The summed E-state index contributed by atoms with van der Waals surface area (Å²) >= 11 is 6.15. The molecular formula is C29H31ClF3N3O4S. The van der Waals surface area contributed by atoms with E-state index in [0.717, 1.165) is 29.5 Å². The van der Waals surface area contributed by atoms with E-state index in [9.17, 15) is 31.2 Å². The van der Waals surface area contributed by atoms with Crippen molar-refractivity contribution in [3.8, 4) is 0 Å². The number of halogens is 4. The Labute approximate surface area is 243 Å². The molecule has 1 atom stereocenters. The highest BCUT2D eigenvalue weighted by Gasteiger charge is 2.35. The molecule has 41 heavy (non-hydrogen) atoms. The van der Waals surface area contributed by atoms with E-state index in [1.165, 1.54) is 4.90 Å². The van der Waals surface area contributed by atoms with Gasteiger partial charge in [-0.15, -0.1) is 0 Å². The molecule has 1 N–H and O–H groups in total. The van der Waals surface area contributed by atoms with Crippen molar-refractivity contribution in [3.63, 3.8) is 0 Å². The van der Waals surface area contributed by atoms with Crippen LogP contribution in [0.2, 0.25) is 5.02 Å². The molecule has 7 nitrogen and oxygen atoms in total. The number of carbonyl (C=O) groups excluding carboxylic acids is 2. The van der Waals surface area contributed by atoms with Crippen molar-refractivity contribution >= 4 is 39.1 Å². The van der Waals surface area contributed by atoms with Crippen LogP contribution in [0.3, 0.4) is 0 Å². The normalized spacial score (nSPS) is 12.5. The summed E-state index contributed by atoms with van der Waals surface area (Å²) in [7, 11) is -4.29. The molecule has 0 fully saturated rings. The first-order chi connectivity index (χ1) is 19.2. The van der Waals surface area contributed by atoms with E-state index >= 15 is 0 Å². The number of alkyl halides is 3. The quantitative estimate of drug-likeness (QED) is 0.323. The van der Waals surface area contributed by atoms with Gasteiger partial charge in [-0.05, 0) is 43.2 Å². The van der Waals surface area contributed by atoms with Crippen molar-refractivity contribution in [3.05, 3.63) is 100 Å². The van der Waals surface area contributed by atoms with Crippen LogP contribution in [0.1, 0.15) is 29.2 Å². The number of aryl methyl sites for hydroxylation is 1. The lowest BCUT2D eigenvalue weighted by Crippen LogP contribution is -2.53. The van der Waals surface area contributed by atoms with E-state index in [4.69, 9.17) is 11.6 Å². The lowest BCUT2D eigenvalue weighted by Gasteiger charge is -2.33. The highest BCUT2D eigenvalue weighted by atomic mass is 35.5. The van der Waals surface area contributed by atoms with Gasteiger partial charge in [0.15, 0.2) is 0 Å². The number of hydrogen-bond acceptors (Lipinski definition) is 4. The van der Waals surface area contributed by atoms with Gasteiger partial charge in [0.05, 0.1) is 22.5 Å². The van der Waals surface area contributed by atoms with Gasteiger partial charge < -0.3 is 10.2 Å². The number of carbonyl (C=O) groups is 2. The average Bonchev–Trinajstić information content (AvgIpc) is 2.90. The average molecular weight is 610 g/mol. The number of hydrogen-bond donors (Lipinski definition) is 1. The zero-order valence-electron chi connectivity index (χ0n) is 22.8. The summed E-state index contributed by atoms with van der Waals surface area (Å²) in [6.07, 6.45) is -3.89. The number of rotatable bonds is 11. The summed E-state index contributed by atoms with van der Waals surface area (Å²) in [6, 6.07) is 17.4. The lowest BCUT2D eigenvalue weighted by molar-refractivity contribution is -0.140. The molecule has 3 rings (SSSR count). The monoisotopic (exact) mass is 609 g/mol. The fourth-order valence-electron chi connectivity index (χ4n) is 4.21. The third-order valence-electron chi connectivity index (χ3n) is 6.32. The SMILES string of the molecule is CCNC(=O)C(Cc1ccccc1)N(Cc1ccc(C)cc1)C(=O)CN(c1cc(C(F)(F)F)ccc1Cl)S(C)(=O)=O. The molecule has 0 saturated carbocycles. The summed E-state index contributed by atoms with van der Waals surface area (Å²) in [6.45, 7) is 2.97. The number of anilines is 1. The minimum Gasteiger partial charge on any atom is -0.355 e. The molecule has 0 saturated heterocycles. The highest BCUT2D eigenvalue weighted by molar-refractivity contribution is 7.92. The van der Waals surface area contributed by atoms with Crippen LogP contribution in [0.15, 0.2) is 72.8 Å². The third kappa shape index (κ3) is 8.71. The van der Waals surface area contributed by atoms with E-state index in [1.807, 2.05) is 25.1 Å². The van der Waals surface area contributed by atoms with Crippen LogP contribution in [0.4, 0.5) is 18.9 Å². The van der Waals surface area contributed by atoms with Gasteiger partial charge in [-0.3, -0.25) is 13.9 Å². The van der Waals surface area contributed by atoms with Gasteiger partial charge in [-0.1, -0.05) is 71.8 Å². The molecule has 0 aliphatic rings. The smallest absolute Gasteiger partial charge is 0.355 e. The van der Waals surface area contributed by atoms with Crippen molar-refractivity contribution in [1.29, 1.82) is 0 Å². The van der Waals surface area contributed by atoms with Gasteiger partial charge in [0.1, 0.15) is 12.6 Å². The first-order valence-electron chi connectivity index (χ1n) is 12.7. The fourth-order valence-corrected chi connectivity index (χ4v) is 5.33. The van der Waals surface area contributed by atoms with Crippen molar-refractivity contribution in [2.24, 2.45) is 0 Å². The molecule has 0 aliphatic heterocycles. The van der Waals surface area contributed by atoms with Crippen LogP contribution in [-0.2, 0) is 38.8 Å². The molecular weight excluding hydrogens is 579 g/mol. The molecule has 0 aromatic heterocycles. The minimum atomic E-state index is -4.77. The zero-order chi connectivity index (χ0) is 30.4. The molecule has 0 spiro atoms. The Morgan fingerprint density at radius 1 is 0.976 bits per heavy atom. The van der Waals surface area contributed by atoms with Crippen molar-refractivity contribution < 1.29 is 31.2 Å². The maximum atomic E-state index is 14.0. The molecule has 1 unspecified atom stereocenters. The van der Waals surface area contributed by atoms with E-state index in [1.54, 1.807) is 43.3 Å². The van der Waals surface area contributed by atoms with Gasteiger partial charge in [0.2, 0.25) is 21.8 Å². The molecule has 0 radical (unpaired) electrons. The van der Waals surface area contributed by atoms with E-state index < -0.39 is 51.9 Å². The second kappa shape index (κ2) is 13.4. The van der Waals surface area contributed by atoms with E-state index in [2.05, 4.69) is 5.32 Å². The van der Waals surface area contributed by atoms with Crippen LogP contribution < -0.4 is 9.62 Å². The zero-order valence-corrected chi connectivity index (χ0v) is 24.4. The van der Waals surface area contributed by atoms with Crippen LogP contribution in [0, 0.1) is 6.92 Å². The molecule has 2 amide bonds. The Hall–Kier alpha value is -3.57. The predicted molar refractivity (Wildman–Crippen MR) is 153 cm³/mol. The Kier molecular flexibility index (Phi) is 10.4. The number of nitrogens with one attached hydrogen (secondary N) is 1. The molecule has 0 bridgehead atoms. The maximum Gasteiger partial charge on any atom is 0.416 e. The van der Waals surface area contributed by atoms with Crippen molar-refractivity contribution in [2.75, 3.05) is 23.7 Å². The Morgan fingerprint density at radius 3 is 2.17 bits per heavy atom. The van der Waals surface area contributed by atoms with Crippen LogP contribution in [-0.4, -0.2) is 50.5 Å². The minimum absolute atomic E-state index is 0.0539. The molecule has 0 heterocycles. The fraction of sp³-hybridized carbons (Fsp3) is 0.310. The van der Waals surface area contributed by atoms with Gasteiger partial charge >= 0.3 is 6.18 Å². The number of sulfonamides is 1. The standard InChI is InChI=1S/C29H31ClF3N3O4S/c1-4-34-28(38)26(16-21-8-6-5-7-9-21)35(18-22-12-10-20(2)11-13-22)27(37)19-36(41(3,39)40)25-17-23(29(31,32)33)14-15-24(25)30/h5-15,17,26H,4,16,18-19H2,1-3H3,(H,34,38). The Morgan fingerprint density at radius 2 is 1.61 bits per heavy atom. The van der Waals surface area contributed by atoms with Crippen LogP contribution >= 0.6 is 11.6 Å². The predicted octanol–water partition coefficient (Wildman–Crippen LogP) is 5.21. The summed E-state index contributed by atoms with van der Waals surface area (Å²) in [5.74, 6) is -1.25. The highest BCUT2D eigenvalue weighted by Crippen LogP contribution is 2.36. The Bertz CT molecular complexity index is 1470. The molecule has 0 aliphatic carbocycles. The number of nitrogens with zero attached hydrogens (tertiary/aromatic N) is 2. The van der Waals surface area contributed by atoms with Gasteiger partial charge in [-0.2, -0.15) is 13.2 Å². The van der Waals surface area contributed by atoms with Gasteiger partial charge in [-0.25, -0.2) is 8.42 Å². The summed E-state index contributed by atoms with van der Waals surface area (Å²) in [4.78, 5) is 28.5. The second-order valence-electron chi connectivity index (χ2n) is 9.54. The topological polar surface area (TPSA) is 86.8 Å². The van der Waals surface area contributed by atoms with Gasteiger partial charge in [0, 0.05) is 19.5 Å².